The Labute approximate surface area is 388 Å². The molecule has 20 heteroatoms. The number of halogens is 3. The van der Waals surface area contributed by atoms with Crippen molar-refractivity contribution in [1.82, 2.24) is 29.8 Å². The highest BCUT2D eigenvalue weighted by molar-refractivity contribution is 7.91. The van der Waals surface area contributed by atoms with Gasteiger partial charge in [0.1, 0.15) is 40.8 Å². The molecule has 0 bridgehead atoms. The van der Waals surface area contributed by atoms with Gasteiger partial charge in [-0.05, 0) is 120 Å². The summed E-state index contributed by atoms with van der Waals surface area (Å²) in [7, 11) is -2.55. The van der Waals surface area contributed by atoms with Crippen molar-refractivity contribution >= 4 is 44.6 Å². The molecule has 2 saturated carbocycles. The third-order valence-corrected chi connectivity index (χ3v) is 15.2. The summed E-state index contributed by atoms with van der Waals surface area (Å²) < 4.78 is 91.0. The van der Waals surface area contributed by atoms with Crippen LogP contribution in [0.15, 0.2) is 54.7 Å². The molecule has 0 radical (unpaired) electrons. The van der Waals surface area contributed by atoms with Crippen molar-refractivity contribution in [3.05, 3.63) is 54.7 Å². The maximum Gasteiger partial charge on any atom is 0.411 e. The van der Waals surface area contributed by atoms with Gasteiger partial charge in [-0.3, -0.25) is 29.0 Å². The summed E-state index contributed by atoms with van der Waals surface area (Å²) in [6, 6.07) is 6.95. The Kier molecular flexibility index (Phi) is 13.8. The Hall–Kier alpha value is -5.66. The van der Waals surface area contributed by atoms with Crippen LogP contribution in [0.1, 0.15) is 92.9 Å². The molecule has 4 aliphatic rings. The standard InChI is InChI=1S/C47H59F3N6O10S/c1-8-28-19-27(4)11-9-10-12-30-23-46(30,43(59)54-67(62,63)34-15-16-34)53-40(57)38-22-33(25-55(38)42(58)39(28)56(44(60)61)45(5,6)47(48,49)50)66-41-35-17-13-31(64-7)20-29(35)21-37(52-41)36-18-14-32(24-51-36)65-26(2)3/h10,12-14,17-18,20-21,24,26-28,30,33-34,38-39H,8-9,11,15-16,19,22-23,25H2,1-7H3,(H,53,57)(H,54,59)(H,60,61)/b12-10-/t27-,28-,30-,33-,38+,39+,46-/m1/s1. The van der Waals surface area contributed by atoms with Crippen LogP contribution in [0.5, 0.6) is 17.4 Å². The van der Waals surface area contributed by atoms with Crippen LogP contribution in [0.4, 0.5) is 18.0 Å². The van der Waals surface area contributed by atoms with Gasteiger partial charge in [0.15, 0.2) is 0 Å². The number of sulfonamides is 1. The summed E-state index contributed by atoms with van der Waals surface area (Å²) in [5.41, 5.74) is -3.98. The van der Waals surface area contributed by atoms with Crippen LogP contribution in [0.3, 0.4) is 0 Å². The smallest absolute Gasteiger partial charge is 0.411 e. The zero-order chi connectivity index (χ0) is 48.8. The van der Waals surface area contributed by atoms with Crippen molar-refractivity contribution < 1.29 is 60.1 Å². The van der Waals surface area contributed by atoms with Crippen LogP contribution < -0.4 is 24.2 Å². The van der Waals surface area contributed by atoms with Crippen LogP contribution in [-0.4, -0.2) is 118 Å². The van der Waals surface area contributed by atoms with Crippen LogP contribution in [-0.2, 0) is 24.4 Å². The number of ether oxygens (including phenoxy) is 3. The first kappa shape index (κ1) is 49.3. The highest BCUT2D eigenvalue weighted by Crippen LogP contribution is 2.47. The molecule has 16 nitrogen and oxygen atoms in total. The summed E-state index contributed by atoms with van der Waals surface area (Å²) in [5.74, 6) is -3.54. The zero-order valence-corrected chi connectivity index (χ0v) is 39.4. The highest BCUT2D eigenvalue weighted by atomic mass is 32.2. The lowest BCUT2D eigenvalue weighted by atomic mass is 9.82. The molecule has 2 aliphatic heterocycles. The minimum absolute atomic E-state index is 0.0370. The van der Waals surface area contributed by atoms with Gasteiger partial charge in [0.2, 0.25) is 27.7 Å². The highest BCUT2D eigenvalue weighted by Gasteiger charge is 2.63. The van der Waals surface area contributed by atoms with E-state index in [-0.39, 0.29) is 48.5 Å². The average molecular weight is 957 g/mol. The quantitative estimate of drug-likeness (QED) is 0.157. The number of carboxylic acid groups (broad SMARTS) is 1. The summed E-state index contributed by atoms with van der Waals surface area (Å²) in [5, 5.41) is 13.8. The largest absolute Gasteiger partial charge is 0.497 e. The average Bonchev–Trinajstić information content (AvgIpc) is 4.19. The van der Waals surface area contributed by atoms with Gasteiger partial charge in [0.25, 0.3) is 5.91 Å². The first-order valence-corrected chi connectivity index (χ1v) is 24.3. The van der Waals surface area contributed by atoms with Crippen molar-refractivity contribution in [3.63, 3.8) is 0 Å². The van der Waals surface area contributed by atoms with E-state index in [9.17, 15) is 41.1 Å². The molecular weight excluding hydrogens is 898 g/mol. The lowest BCUT2D eigenvalue weighted by Gasteiger charge is -2.46. The second kappa shape index (κ2) is 18.8. The van der Waals surface area contributed by atoms with Crippen molar-refractivity contribution in [3.8, 4) is 28.8 Å². The molecule has 2 aliphatic carbocycles. The number of hydrogen-bond donors (Lipinski definition) is 3. The third-order valence-electron chi connectivity index (χ3n) is 13.4. The van der Waals surface area contributed by atoms with Crippen molar-refractivity contribution in [1.29, 1.82) is 0 Å². The van der Waals surface area contributed by atoms with Gasteiger partial charge in [0.05, 0.1) is 42.6 Å². The minimum atomic E-state index is -5.12. The Morgan fingerprint density at radius 2 is 1.78 bits per heavy atom. The van der Waals surface area contributed by atoms with E-state index in [1.807, 2.05) is 26.8 Å². The molecule has 4 heterocycles. The van der Waals surface area contributed by atoms with Gasteiger partial charge >= 0.3 is 12.3 Å². The minimum Gasteiger partial charge on any atom is -0.497 e. The number of aromatic nitrogens is 2. The summed E-state index contributed by atoms with van der Waals surface area (Å²) in [4.78, 5) is 68.0. The molecule has 3 N–H and O–H groups in total. The number of rotatable bonds is 12. The lowest BCUT2D eigenvalue weighted by Crippen LogP contribution is -2.66. The Balaban J connectivity index is 1.32. The molecule has 1 saturated heterocycles. The predicted octanol–water partition coefficient (Wildman–Crippen LogP) is 7.02. The molecule has 364 valence electrons. The van der Waals surface area contributed by atoms with E-state index in [1.165, 1.54) is 7.11 Å². The number of alkyl halides is 3. The van der Waals surface area contributed by atoms with Crippen LogP contribution in [0.25, 0.3) is 22.2 Å². The SMILES string of the molecule is CC[C@@H]1C[C@H](C)CC/C=C\[C@@H]2C[C@@]2(C(=O)NS(=O)(=O)C2CC2)NC(=O)[C@@H]2C[C@@H](Oc3nc(-c4ccc(OC(C)C)cn4)cc4cc(OC)ccc34)CN2C(=O)[C@H]1N(C(=O)O)C(C)(C)C(F)(F)F. The molecule has 0 spiro atoms. The Morgan fingerprint density at radius 3 is 2.39 bits per heavy atom. The first-order valence-electron chi connectivity index (χ1n) is 22.7. The molecule has 1 aromatic carbocycles. The van der Waals surface area contributed by atoms with E-state index in [0.717, 1.165) is 4.90 Å². The molecule has 2 aromatic heterocycles. The van der Waals surface area contributed by atoms with E-state index in [2.05, 4.69) is 15.0 Å². The van der Waals surface area contributed by atoms with Crippen molar-refractivity contribution in [2.45, 2.75) is 140 Å². The molecule has 67 heavy (non-hydrogen) atoms. The molecule has 7 rings (SSSR count). The number of amides is 4. The molecule has 7 atom stereocenters. The van der Waals surface area contributed by atoms with Gasteiger partial charge in [0, 0.05) is 17.7 Å². The zero-order valence-electron chi connectivity index (χ0n) is 38.6. The number of nitrogens with zero attached hydrogens (tertiary/aromatic N) is 4. The van der Waals surface area contributed by atoms with E-state index in [1.54, 1.807) is 55.6 Å². The topological polar surface area (TPSA) is 207 Å². The molecule has 4 amide bonds. The second-order valence-electron chi connectivity index (χ2n) is 19.0. The van der Waals surface area contributed by atoms with Crippen molar-refractivity contribution in [2.75, 3.05) is 13.7 Å². The fourth-order valence-electron chi connectivity index (χ4n) is 9.26. The summed E-state index contributed by atoms with van der Waals surface area (Å²) in [6.07, 6.45) is -1.40. The van der Waals surface area contributed by atoms with Crippen LogP contribution in [0.2, 0.25) is 0 Å². The normalized spacial score (nSPS) is 26.6. The van der Waals surface area contributed by atoms with Crippen LogP contribution >= 0.6 is 0 Å². The first-order chi connectivity index (χ1) is 31.5. The summed E-state index contributed by atoms with van der Waals surface area (Å²) in [6.45, 7) is 8.31. The van der Waals surface area contributed by atoms with Crippen molar-refractivity contribution in [2.24, 2.45) is 17.8 Å². The number of pyridine rings is 2. The maximum absolute atomic E-state index is 15.4. The summed E-state index contributed by atoms with van der Waals surface area (Å²) >= 11 is 0. The van der Waals surface area contributed by atoms with Gasteiger partial charge in [-0.2, -0.15) is 13.2 Å². The number of methoxy groups -OCH3 is 1. The number of nitrogens with one attached hydrogen (secondary N) is 2. The maximum atomic E-state index is 15.4. The number of fused-ring (bicyclic) bond motifs is 3. The Morgan fingerprint density at radius 1 is 1.06 bits per heavy atom. The van der Waals surface area contributed by atoms with Gasteiger partial charge in [-0.15, -0.1) is 0 Å². The molecule has 3 fully saturated rings. The van der Waals surface area contributed by atoms with Gasteiger partial charge in [-0.25, -0.2) is 18.2 Å². The van der Waals surface area contributed by atoms with Gasteiger partial charge < -0.3 is 29.5 Å². The fourth-order valence-corrected chi connectivity index (χ4v) is 10.6. The number of benzene rings is 1. The predicted molar refractivity (Wildman–Crippen MR) is 241 cm³/mol. The van der Waals surface area contributed by atoms with E-state index in [0.29, 0.717) is 73.2 Å². The van der Waals surface area contributed by atoms with Gasteiger partial charge in [-0.1, -0.05) is 32.4 Å². The monoisotopic (exact) mass is 956 g/mol. The Bertz CT molecular complexity index is 2520. The number of hydrogen-bond acceptors (Lipinski definition) is 11. The van der Waals surface area contributed by atoms with E-state index < -0.39 is 92.9 Å². The second-order valence-corrected chi connectivity index (χ2v) is 21.0. The fraction of sp³-hybridized carbons (Fsp3) is 0.574. The van der Waals surface area contributed by atoms with Crippen LogP contribution in [0, 0.1) is 17.8 Å². The molecule has 3 aromatic rings. The number of carbonyl (C=O) groups excluding carboxylic acids is 3. The molecule has 0 unspecified atom stereocenters. The lowest BCUT2D eigenvalue weighted by molar-refractivity contribution is -0.222. The number of carbonyl (C=O) groups is 4. The third kappa shape index (κ3) is 10.3. The number of allylic oxidation sites excluding steroid dienone is 1. The van der Waals surface area contributed by atoms with E-state index >= 15 is 4.79 Å². The molecular formula is C47H59F3N6O10S. The van der Waals surface area contributed by atoms with E-state index in [4.69, 9.17) is 19.2 Å².